The van der Waals surface area contributed by atoms with E-state index in [2.05, 4.69) is 22.5 Å². The van der Waals surface area contributed by atoms with Crippen LogP contribution in [0, 0.1) is 11.8 Å². The first-order valence-electron chi connectivity index (χ1n) is 9.48. The Morgan fingerprint density at radius 2 is 1.67 bits per heavy atom. The normalized spacial score (nSPS) is 30.3. The quantitative estimate of drug-likeness (QED) is 0.745. The summed E-state index contributed by atoms with van der Waals surface area (Å²) >= 11 is 0. The largest absolute Gasteiger partial charge is 0.356 e. The monoisotopic (exact) mass is 379 g/mol. The second-order valence-electron chi connectivity index (χ2n) is 7.77. The highest BCUT2D eigenvalue weighted by Crippen LogP contribution is 2.32. The smallest absolute Gasteiger partial charge is 0.220 e. The van der Waals surface area contributed by atoms with Crippen molar-refractivity contribution in [2.75, 3.05) is 26.2 Å². The van der Waals surface area contributed by atoms with E-state index in [1.807, 2.05) is 0 Å². The van der Waals surface area contributed by atoms with Gasteiger partial charge in [-0.3, -0.25) is 4.79 Å². The fourth-order valence-electron chi connectivity index (χ4n) is 4.66. The number of carbonyl (C=O) groups is 1. The van der Waals surface area contributed by atoms with Crippen LogP contribution in [0.2, 0.25) is 0 Å². The summed E-state index contributed by atoms with van der Waals surface area (Å²) in [5.41, 5.74) is 0. The van der Waals surface area contributed by atoms with Crippen molar-refractivity contribution >= 4 is 30.7 Å². The Morgan fingerprint density at radius 1 is 1.04 bits per heavy atom. The Kier molecular flexibility index (Phi) is 9.95. The summed E-state index contributed by atoms with van der Waals surface area (Å²) in [6.07, 6.45) is 9.55. The molecule has 2 N–H and O–H groups in total. The highest BCUT2D eigenvalue weighted by molar-refractivity contribution is 5.85. The number of fused-ring (bicyclic) bond motifs is 2. The molecule has 0 spiro atoms. The maximum Gasteiger partial charge on any atom is 0.220 e. The van der Waals surface area contributed by atoms with Crippen molar-refractivity contribution in [3.05, 3.63) is 0 Å². The van der Waals surface area contributed by atoms with E-state index >= 15 is 0 Å². The summed E-state index contributed by atoms with van der Waals surface area (Å²) in [7, 11) is 0. The van der Waals surface area contributed by atoms with Crippen LogP contribution < -0.4 is 10.6 Å². The third-order valence-corrected chi connectivity index (χ3v) is 5.88. The van der Waals surface area contributed by atoms with Crippen LogP contribution >= 0.6 is 24.8 Å². The van der Waals surface area contributed by atoms with Crippen LogP contribution in [0.1, 0.15) is 58.3 Å². The van der Waals surface area contributed by atoms with Crippen molar-refractivity contribution in [3.8, 4) is 0 Å². The molecule has 3 rings (SSSR count). The van der Waals surface area contributed by atoms with Gasteiger partial charge < -0.3 is 15.5 Å². The van der Waals surface area contributed by atoms with Crippen LogP contribution in [0.5, 0.6) is 0 Å². The number of hydrogen-bond acceptors (Lipinski definition) is 3. The standard InChI is InChI=1S/C18H33N3O.2ClH/c1-2-7-21-8-5-14(6-9-21)13-19-18(22)12-15-10-16-3-4-17(11-15)20-16;;/h14-17,20H,2-13H2,1H3,(H,19,22);2*1H. The van der Waals surface area contributed by atoms with E-state index in [9.17, 15) is 4.79 Å². The lowest BCUT2D eigenvalue weighted by Gasteiger charge is -2.32. The minimum absolute atomic E-state index is 0. The van der Waals surface area contributed by atoms with Crippen LogP contribution in [0.4, 0.5) is 0 Å². The molecule has 0 aromatic rings. The number of nitrogens with one attached hydrogen (secondary N) is 2. The SMILES string of the molecule is CCCN1CCC(CNC(=O)CC2CC3CCC(C2)N3)CC1.Cl.Cl. The van der Waals surface area contributed by atoms with Gasteiger partial charge in [0.25, 0.3) is 0 Å². The zero-order chi connectivity index (χ0) is 15.4. The molecule has 0 saturated carbocycles. The molecule has 2 atom stereocenters. The summed E-state index contributed by atoms with van der Waals surface area (Å²) in [4.78, 5) is 14.8. The molecular formula is C18H35Cl2N3O. The third kappa shape index (κ3) is 6.36. The van der Waals surface area contributed by atoms with E-state index < -0.39 is 0 Å². The molecule has 0 radical (unpaired) electrons. The second kappa shape index (κ2) is 10.8. The van der Waals surface area contributed by atoms with E-state index in [0.29, 0.717) is 29.8 Å². The highest BCUT2D eigenvalue weighted by Gasteiger charge is 2.34. The van der Waals surface area contributed by atoms with Crippen molar-refractivity contribution in [3.63, 3.8) is 0 Å². The van der Waals surface area contributed by atoms with Crippen molar-refractivity contribution in [1.29, 1.82) is 0 Å². The Morgan fingerprint density at radius 3 is 2.25 bits per heavy atom. The molecule has 3 saturated heterocycles. The van der Waals surface area contributed by atoms with Gasteiger partial charge in [-0.05, 0) is 76.4 Å². The maximum absolute atomic E-state index is 12.2. The van der Waals surface area contributed by atoms with Gasteiger partial charge in [0, 0.05) is 25.0 Å². The van der Waals surface area contributed by atoms with Crippen LogP contribution in [0.3, 0.4) is 0 Å². The lowest BCUT2D eigenvalue weighted by atomic mass is 9.89. The number of nitrogens with zero attached hydrogens (tertiary/aromatic N) is 1. The van der Waals surface area contributed by atoms with Gasteiger partial charge >= 0.3 is 0 Å². The van der Waals surface area contributed by atoms with Crippen LogP contribution in [-0.2, 0) is 4.79 Å². The van der Waals surface area contributed by atoms with Crippen LogP contribution in [0.25, 0.3) is 0 Å². The van der Waals surface area contributed by atoms with E-state index in [4.69, 9.17) is 0 Å². The lowest BCUT2D eigenvalue weighted by Crippen LogP contribution is -2.41. The van der Waals surface area contributed by atoms with Crippen molar-refractivity contribution < 1.29 is 4.79 Å². The molecular weight excluding hydrogens is 345 g/mol. The first-order valence-corrected chi connectivity index (χ1v) is 9.48. The predicted octanol–water partition coefficient (Wildman–Crippen LogP) is 2.99. The van der Waals surface area contributed by atoms with E-state index in [-0.39, 0.29) is 24.8 Å². The van der Waals surface area contributed by atoms with Crippen LogP contribution in [-0.4, -0.2) is 49.1 Å². The summed E-state index contributed by atoms with van der Waals surface area (Å²) in [6, 6.07) is 1.39. The van der Waals surface area contributed by atoms with Gasteiger partial charge in [0.05, 0.1) is 0 Å². The van der Waals surface area contributed by atoms with Crippen LogP contribution in [0.15, 0.2) is 0 Å². The van der Waals surface area contributed by atoms with Gasteiger partial charge in [-0.25, -0.2) is 0 Å². The first-order chi connectivity index (χ1) is 10.7. The molecule has 0 aromatic carbocycles. The number of rotatable bonds is 6. The third-order valence-electron chi connectivity index (χ3n) is 5.88. The van der Waals surface area contributed by atoms with E-state index in [1.165, 1.54) is 64.6 Å². The fraction of sp³-hybridized carbons (Fsp3) is 0.944. The second-order valence-corrected chi connectivity index (χ2v) is 7.77. The summed E-state index contributed by atoms with van der Waals surface area (Å²) in [5, 5.41) is 6.87. The number of hydrogen-bond donors (Lipinski definition) is 2. The minimum atomic E-state index is 0. The molecule has 142 valence electrons. The Balaban J connectivity index is 0.00000144. The Labute approximate surface area is 159 Å². The molecule has 4 nitrogen and oxygen atoms in total. The molecule has 3 aliphatic rings. The molecule has 1 amide bonds. The van der Waals surface area contributed by atoms with Crippen molar-refractivity contribution in [1.82, 2.24) is 15.5 Å². The number of likely N-dealkylation sites (tertiary alicyclic amines) is 1. The highest BCUT2D eigenvalue weighted by atomic mass is 35.5. The maximum atomic E-state index is 12.2. The number of carbonyl (C=O) groups excluding carboxylic acids is 1. The summed E-state index contributed by atoms with van der Waals surface area (Å²) < 4.78 is 0. The number of piperidine rings is 2. The molecule has 2 bridgehead atoms. The molecule has 3 heterocycles. The number of halogens is 2. The van der Waals surface area contributed by atoms with E-state index in [1.54, 1.807) is 0 Å². The molecule has 6 heteroatoms. The van der Waals surface area contributed by atoms with Gasteiger partial charge in [0.2, 0.25) is 5.91 Å². The van der Waals surface area contributed by atoms with Gasteiger partial charge in [0.1, 0.15) is 0 Å². The Bertz CT molecular complexity index is 363. The van der Waals surface area contributed by atoms with Crippen molar-refractivity contribution in [2.45, 2.75) is 70.4 Å². The Hall–Kier alpha value is -0.0300. The molecule has 3 aliphatic heterocycles. The molecule has 2 unspecified atom stereocenters. The summed E-state index contributed by atoms with van der Waals surface area (Å²) in [6.45, 7) is 6.81. The lowest BCUT2D eigenvalue weighted by molar-refractivity contribution is -0.122. The topological polar surface area (TPSA) is 44.4 Å². The molecule has 0 aromatic heterocycles. The zero-order valence-electron chi connectivity index (χ0n) is 15.0. The van der Waals surface area contributed by atoms with Gasteiger partial charge in [-0.2, -0.15) is 0 Å². The average molecular weight is 380 g/mol. The molecule has 3 fully saturated rings. The van der Waals surface area contributed by atoms with Gasteiger partial charge in [-0.1, -0.05) is 6.92 Å². The number of amides is 1. The van der Waals surface area contributed by atoms with Gasteiger partial charge in [0.15, 0.2) is 0 Å². The molecule has 0 aliphatic carbocycles. The van der Waals surface area contributed by atoms with Gasteiger partial charge in [-0.15, -0.1) is 24.8 Å². The molecule has 24 heavy (non-hydrogen) atoms. The summed E-state index contributed by atoms with van der Waals surface area (Å²) in [5.74, 6) is 1.61. The average Bonchev–Trinajstić information content (AvgIpc) is 2.86. The first kappa shape index (κ1) is 22.0. The fourth-order valence-corrected chi connectivity index (χ4v) is 4.66. The van der Waals surface area contributed by atoms with E-state index in [0.717, 1.165) is 13.0 Å². The minimum Gasteiger partial charge on any atom is -0.356 e. The van der Waals surface area contributed by atoms with Crippen molar-refractivity contribution in [2.24, 2.45) is 11.8 Å². The zero-order valence-corrected chi connectivity index (χ0v) is 16.6. The predicted molar refractivity (Wildman–Crippen MR) is 104 cm³/mol.